The Morgan fingerprint density at radius 3 is 2.36 bits per heavy atom. The molecule has 0 aliphatic carbocycles. The molecule has 2 aromatic rings. The fourth-order valence-electron chi connectivity index (χ4n) is 2.66. The largest absolute Gasteiger partial charge is 0.508 e. The van der Waals surface area contributed by atoms with Crippen LogP contribution in [0.15, 0.2) is 30.3 Å². The molecule has 25 heavy (non-hydrogen) atoms. The molecule has 0 saturated heterocycles. The number of carbonyl (C=O) groups excluding carboxylic acids is 2. The van der Waals surface area contributed by atoms with Crippen LogP contribution in [0, 0.1) is 0 Å². The molecule has 8 nitrogen and oxygen atoms in total. The molecule has 8 heteroatoms. The lowest BCUT2D eigenvalue weighted by atomic mass is 9.90. The molecule has 1 atom stereocenters. The van der Waals surface area contributed by atoms with E-state index in [1.807, 2.05) is 0 Å². The predicted molar refractivity (Wildman–Crippen MR) is 82.8 cm³/mol. The van der Waals surface area contributed by atoms with E-state index in [-0.39, 0.29) is 29.2 Å². The third-order valence-corrected chi connectivity index (χ3v) is 3.76. The van der Waals surface area contributed by atoms with Gasteiger partial charge >= 0.3 is 5.79 Å². The third-order valence-electron chi connectivity index (χ3n) is 3.76. The van der Waals surface area contributed by atoms with E-state index < -0.39 is 34.6 Å². The minimum atomic E-state index is -2.22. The van der Waals surface area contributed by atoms with Crippen molar-refractivity contribution in [1.82, 2.24) is 0 Å². The van der Waals surface area contributed by atoms with E-state index in [1.165, 1.54) is 6.07 Å². The first-order valence-electron chi connectivity index (χ1n) is 7.30. The maximum Gasteiger partial charge on any atom is 0.306 e. The Hall–Kier alpha value is -3.26. The summed E-state index contributed by atoms with van der Waals surface area (Å²) in [6, 6.07) is 5.37. The van der Waals surface area contributed by atoms with Gasteiger partial charge in [0.15, 0.2) is 11.5 Å². The summed E-state index contributed by atoms with van der Waals surface area (Å²) in [5.41, 5.74) is -0.419. The number of ether oxygens (including phenoxy) is 2. The van der Waals surface area contributed by atoms with Gasteiger partial charge in [-0.15, -0.1) is 0 Å². The monoisotopic (exact) mass is 346 g/mol. The number of benzene rings is 2. The molecule has 1 heterocycles. The Bertz CT molecular complexity index is 888. The standard InChI is InChI=1S/C17H14O8/c1-2-24-17(8-3-4-10(19)11(20)5-8)16(23)15(22)14-12(21)6-9(18)7-13(14)25-17/h3-7,18-21H,2H2,1H3. The first-order valence-corrected chi connectivity index (χ1v) is 7.30. The van der Waals surface area contributed by atoms with Crippen LogP contribution >= 0.6 is 0 Å². The average Bonchev–Trinajstić information content (AvgIpc) is 2.54. The van der Waals surface area contributed by atoms with Crippen molar-refractivity contribution in [2.45, 2.75) is 12.7 Å². The number of hydrogen-bond donors (Lipinski definition) is 4. The minimum Gasteiger partial charge on any atom is -0.508 e. The second-order valence-electron chi connectivity index (χ2n) is 5.35. The molecule has 0 fully saturated rings. The Balaban J connectivity index is 2.24. The first kappa shape index (κ1) is 16.6. The number of Topliss-reactive ketones (excluding diaryl/α,β-unsaturated/α-hetero) is 2. The van der Waals surface area contributed by atoms with Gasteiger partial charge in [-0.1, -0.05) is 0 Å². The van der Waals surface area contributed by atoms with Crippen LogP contribution in [0.5, 0.6) is 28.7 Å². The smallest absolute Gasteiger partial charge is 0.306 e. The summed E-state index contributed by atoms with van der Waals surface area (Å²) in [4.78, 5) is 25.2. The molecule has 3 rings (SSSR count). The number of hydrogen-bond acceptors (Lipinski definition) is 8. The molecule has 130 valence electrons. The van der Waals surface area contributed by atoms with E-state index in [4.69, 9.17) is 9.47 Å². The third kappa shape index (κ3) is 2.43. The van der Waals surface area contributed by atoms with Crippen molar-refractivity contribution in [3.05, 3.63) is 41.5 Å². The summed E-state index contributed by atoms with van der Waals surface area (Å²) < 4.78 is 11.0. The van der Waals surface area contributed by atoms with Gasteiger partial charge in [-0.25, -0.2) is 0 Å². The van der Waals surface area contributed by atoms with Crippen molar-refractivity contribution in [1.29, 1.82) is 0 Å². The number of phenols is 4. The molecule has 0 radical (unpaired) electrons. The number of carbonyl (C=O) groups is 2. The Morgan fingerprint density at radius 2 is 1.72 bits per heavy atom. The lowest BCUT2D eigenvalue weighted by molar-refractivity contribution is -0.194. The van der Waals surface area contributed by atoms with E-state index in [0.29, 0.717) is 0 Å². The van der Waals surface area contributed by atoms with Gasteiger partial charge in [-0.3, -0.25) is 9.59 Å². The zero-order valence-corrected chi connectivity index (χ0v) is 13.0. The first-order chi connectivity index (χ1) is 11.8. The molecule has 0 spiro atoms. The molecule has 0 amide bonds. The predicted octanol–water partition coefficient (Wildman–Crippen LogP) is 1.54. The molecule has 2 aromatic carbocycles. The molecular weight excluding hydrogens is 332 g/mol. The van der Waals surface area contributed by atoms with E-state index in [0.717, 1.165) is 24.3 Å². The van der Waals surface area contributed by atoms with Crippen molar-refractivity contribution in [3.8, 4) is 28.7 Å². The van der Waals surface area contributed by atoms with Crippen LogP contribution in [0.25, 0.3) is 0 Å². The lowest BCUT2D eigenvalue weighted by Gasteiger charge is -2.36. The molecular formula is C17H14O8. The van der Waals surface area contributed by atoms with Crippen LogP contribution in [0.3, 0.4) is 0 Å². The van der Waals surface area contributed by atoms with Crippen LogP contribution in [0.4, 0.5) is 0 Å². The van der Waals surface area contributed by atoms with Gasteiger partial charge in [-0.2, -0.15) is 0 Å². The van der Waals surface area contributed by atoms with E-state index in [9.17, 15) is 30.0 Å². The quantitative estimate of drug-likeness (QED) is 0.486. The fourth-order valence-corrected chi connectivity index (χ4v) is 2.66. The van der Waals surface area contributed by atoms with Gasteiger partial charge in [0.2, 0.25) is 5.78 Å². The van der Waals surface area contributed by atoms with E-state index >= 15 is 0 Å². The summed E-state index contributed by atoms with van der Waals surface area (Å²) >= 11 is 0. The highest BCUT2D eigenvalue weighted by Gasteiger charge is 2.53. The van der Waals surface area contributed by atoms with Crippen LogP contribution in [0.2, 0.25) is 0 Å². The highest BCUT2D eigenvalue weighted by Crippen LogP contribution is 2.44. The summed E-state index contributed by atoms with van der Waals surface area (Å²) in [5, 5.41) is 38.6. The number of ketones is 2. The van der Waals surface area contributed by atoms with Crippen molar-refractivity contribution in [2.75, 3.05) is 6.61 Å². The van der Waals surface area contributed by atoms with Gasteiger partial charge in [-0.05, 0) is 25.1 Å². The maximum absolute atomic E-state index is 12.7. The summed E-state index contributed by atoms with van der Waals surface area (Å²) in [5.74, 6) is -6.60. The van der Waals surface area contributed by atoms with Crippen molar-refractivity contribution in [3.63, 3.8) is 0 Å². The summed E-state index contributed by atoms with van der Waals surface area (Å²) in [7, 11) is 0. The summed E-state index contributed by atoms with van der Waals surface area (Å²) in [6.07, 6.45) is 0. The van der Waals surface area contributed by atoms with Gasteiger partial charge < -0.3 is 29.9 Å². The van der Waals surface area contributed by atoms with Crippen LogP contribution in [-0.2, 0) is 15.3 Å². The molecule has 1 aliphatic rings. The van der Waals surface area contributed by atoms with Crippen LogP contribution in [-0.4, -0.2) is 38.6 Å². The second kappa shape index (κ2) is 5.67. The van der Waals surface area contributed by atoms with Crippen molar-refractivity contribution < 1.29 is 39.5 Å². The fraction of sp³-hybridized carbons (Fsp3) is 0.176. The topological polar surface area (TPSA) is 134 Å². The zero-order chi connectivity index (χ0) is 18.4. The number of fused-ring (bicyclic) bond motifs is 1. The average molecular weight is 346 g/mol. The van der Waals surface area contributed by atoms with Gasteiger partial charge in [0.25, 0.3) is 5.78 Å². The number of rotatable bonds is 3. The van der Waals surface area contributed by atoms with Crippen molar-refractivity contribution in [2.24, 2.45) is 0 Å². The van der Waals surface area contributed by atoms with Crippen LogP contribution < -0.4 is 4.74 Å². The Morgan fingerprint density at radius 1 is 1.00 bits per heavy atom. The van der Waals surface area contributed by atoms with E-state index in [1.54, 1.807) is 6.92 Å². The summed E-state index contributed by atoms with van der Waals surface area (Å²) in [6.45, 7) is 1.54. The Kier molecular flexibility index (Phi) is 3.77. The van der Waals surface area contributed by atoms with Gasteiger partial charge in [0, 0.05) is 24.3 Å². The Labute approximate surface area is 141 Å². The number of phenolic OH excluding ortho intramolecular Hbond substituents is 4. The molecule has 1 unspecified atom stereocenters. The molecule has 0 saturated carbocycles. The molecule has 0 bridgehead atoms. The normalized spacial score (nSPS) is 19.4. The molecule has 1 aliphatic heterocycles. The van der Waals surface area contributed by atoms with Gasteiger partial charge in [0.05, 0.1) is 0 Å². The zero-order valence-electron chi connectivity index (χ0n) is 13.0. The SMILES string of the molecule is CCOC1(c2ccc(O)c(O)c2)Oc2cc(O)cc(O)c2C(=O)C1=O. The van der Waals surface area contributed by atoms with Crippen molar-refractivity contribution >= 4 is 11.6 Å². The highest BCUT2D eigenvalue weighted by atomic mass is 16.7. The van der Waals surface area contributed by atoms with Gasteiger partial charge in [0.1, 0.15) is 22.8 Å². The minimum absolute atomic E-state index is 0.0270. The molecule has 0 aromatic heterocycles. The number of aromatic hydroxyl groups is 4. The second-order valence-corrected chi connectivity index (χ2v) is 5.35. The molecule has 4 N–H and O–H groups in total. The maximum atomic E-state index is 12.7. The van der Waals surface area contributed by atoms with E-state index in [2.05, 4.69) is 0 Å². The highest BCUT2D eigenvalue weighted by molar-refractivity contribution is 6.48. The lowest BCUT2D eigenvalue weighted by Crippen LogP contribution is -2.51. The van der Waals surface area contributed by atoms with Crippen LogP contribution in [0.1, 0.15) is 22.8 Å².